The van der Waals surface area contributed by atoms with E-state index in [-0.39, 0.29) is 5.97 Å². The van der Waals surface area contributed by atoms with Gasteiger partial charge in [-0.2, -0.15) is 0 Å². The van der Waals surface area contributed by atoms with Crippen LogP contribution in [0.25, 0.3) is 11.1 Å². The number of rotatable bonds is 7. The maximum absolute atomic E-state index is 11.8. The lowest BCUT2D eigenvalue weighted by atomic mass is 10.0. The average Bonchev–Trinajstić information content (AvgIpc) is 2.87. The first-order valence-corrected chi connectivity index (χ1v) is 8.65. The lowest BCUT2D eigenvalue weighted by Crippen LogP contribution is -2.07. The van der Waals surface area contributed by atoms with Crippen molar-refractivity contribution in [3.8, 4) is 34.3 Å². The molecule has 1 N–H and O–H groups in total. The standard InChI is InChI=1S/C18H22BrNO5/c1-6-7-13(21)25-18-15(19)14(10(2)20-18)11-8-9-12(22-3)17(24-5)16(11)23-4/h8-9,20H,6-7H2,1-5H3. The van der Waals surface area contributed by atoms with Crippen molar-refractivity contribution >= 4 is 21.9 Å². The summed E-state index contributed by atoms with van der Waals surface area (Å²) in [6, 6.07) is 3.68. The second-order valence-electron chi connectivity index (χ2n) is 5.37. The van der Waals surface area contributed by atoms with Gasteiger partial charge in [0, 0.05) is 23.2 Å². The highest BCUT2D eigenvalue weighted by atomic mass is 79.9. The quantitative estimate of drug-likeness (QED) is 0.679. The van der Waals surface area contributed by atoms with Crippen molar-refractivity contribution < 1.29 is 23.7 Å². The van der Waals surface area contributed by atoms with E-state index in [1.54, 1.807) is 27.4 Å². The maximum atomic E-state index is 11.8. The van der Waals surface area contributed by atoms with Crippen LogP contribution in [0.1, 0.15) is 25.5 Å². The molecule has 0 atom stereocenters. The summed E-state index contributed by atoms with van der Waals surface area (Å²) in [5.74, 6) is 1.70. The molecule has 0 aliphatic heterocycles. The summed E-state index contributed by atoms with van der Waals surface area (Å²) in [4.78, 5) is 14.9. The number of methoxy groups -OCH3 is 3. The zero-order valence-electron chi connectivity index (χ0n) is 15.0. The molecule has 2 aromatic rings. The number of hydrogen-bond acceptors (Lipinski definition) is 5. The van der Waals surface area contributed by atoms with Crippen molar-refractivity contribution in [3.63, 3.8) is 0 Å². The summed E-state index contributed by atoms with van der Waals surface area (Å²) in [6.07, 6.45) is 1.09. The molecule has 0 amide bonds. The van der Waals surface area contributed by atoms with Crippen LogP contribution in [0.2, 0.25) is 0 Å². The number of ether oxygens (including phenoxy) is 4. The summed E-state index contributed by atoms with van der Waals surface area (Å²) < 4.78 is 22.4. The van der Waals surface area contributed by atoms with Crippen LogP contribution in [0.5, 0.6) is 23.1 Å². The van der Waals surface area contributed by atoms with E-state index < -0.39 is 0 Å². The minimum absolute atomic E-state index is 0.282. The summed E-state index contributed by atoms with van der Waals surface area (Å²) in [5, 5.41) is 0. The molecule has 136 valence electrons. The third kappa shape index (κ3) is 3.76. The van der Waals surface area contributed by atoms with Crippen LogP contribution in [-0.2, 0) is 4.79 Å². The molecule has 0 fully saturated rings. The van der Waals surface area contributed by atoms with Crippen LogP contribution >= 0.6 is 15.9 Å². The number of benzene rings is 1. The molecule has 1 aromatic carbocycles. The molecule has 0 aliphatic rings. The van der Waals surface area contributed by atoms with Crippen LogP contribution in [0.4, 0.5) is 0 Å². The highest BCUT2D eigenvalue weighted by Gasteiger charge is 2.24. The molecule has 2 rings (SSSR count). The molecule has 1 heterocycles. The van der Waals surface area contributed by atoms with Crippen LogP contribution in [0.15, 0.2) is 16.6 Å². The molecular weight excluding hydrogens is 390 g/mol. The molecule has 0 aliphatic carbocycles. The van der Waals surface area contributed by atoms with Crippen molar-refractivity contribution in [2.45, 2.75) is 26.7 Å². The van der Waals surface area contributed by atoms with E-state index in [0.717, 1.165) is 23.2 Å². The SMILES string of the molecule is CCCC(=O)Oc1[nH]c(C)c(-c2ccc(OC)c(OC)c2OC)c1Br. The minimum atomic E-state index is -0.282. The molecule has 1 aromatic heterocycles. The van der Waals surface area contributed by atoms with Crippen LogP contribution in [0, 0.1) is 6.92 Å². The lowest BCUT2D eigenvalue weighted by molar-refractivity contribution is -0.134. The Morgan fingerprint density at radius 3 is 2.36 bits per heavy atom. The Bertz CT molecular complexity index is 769. The average molecular weight is 412 g/mol. The Kier molecular flexibility index (Phi) is 6.36. The molecule has 25 heavy (non-hydrogen) atoms. The molecule has 0 bridgehead atoms. The second-order valence-corrected chi connectivity index (χ2v) is 6.17. The molecular formula is C18H22BrNO5. The van der Waals surface area contributed by atoms with Gasteiger partial charge in [0.15, 0.2) is 11.5 Å². The first-order valence-electron chi connectivity index (χ1n) is 7.86. The molecule has 0 radical (unpaired) electrons. The number of carbonyl (C=O) groups is 1. The molecule has 7 heteroatoms. The maximum Gasteiger partial charge on any atom is 0.312 e. The predicted octanol–water partition coefficient (Wildman–Crippen LogP) is 4.48. The van der Waals surface area contributed by atoms with E-state index in [2.05, 4.69) is 20.9 Å². The third-order valence-electron chi connectivity index (χ3n) is 3.74. The largest absolute Gasteiger partial charge is 0.493 e. The van der Waals surface area contributed by atoms with Crippen LogP contribution in [0.3, 0.4) is 0 Å². The van der Waals surface area contributed by atoms with Gasteiger partial charge in [-0.3, -0.25) is 4.79 Å². The summed E-state index contributed by atoms with van der Waals surface area (Å²) in [7, 11) is 4.69. The number of aromatic amines is 1. The van der Waals surface area contributed by atoms with Crippen LogP contribution in [-0.4, -0.2) is 32.3 Å². The van der Waals surface area contributed by atoms with Gasteiger partial charge < -0.3 is 23.9 Å². The Morgan fingerprint density at radius 1 is 1.12 bits per heavy atom. The number of H-pyrrole nitrogens is 1. The number of hydrogen-bond donors (Lipinski definition) is 1. The predicted molar refractivity (Wildman–Crippen MR) is 98.9 cm³/mol. The summed E-state index contributed by atoms with van der Waals surface area (Å²) in [5.41, 5.74) is 2.45. The fourth-order valence-electron chi connectivity index (χ4n) is 2.62. The van der Waals surface area contributed by atoms with Gasteiger partial charge in [-0.05, 0) is 41.4 Å². The fraction of sp³-hybridized carbons (Fsp3) is 0.389. The number of halogens is 1. The Morgan fingerprint density at radius 2 is 1.80 bits per heavy atom. The topological polar surface area (TPSA) is 69.8 Å². The highest BCUT2D eigenvalue weighted by molar-refractivity contribution is 9.10. The number of esters is 1. The molecule has 0 spiro atoms. The van der Waals surface area contributed by atoms with Crippen LogP contribution < -0.4 is 18.9 Å². The van der Waals surface area contributed by atoms with Gasteiger partial charge in [-0.1, -0.05) is 6.92 Å². The molecule has 0 unspecified atom stereocenters. The van der Waals surface area contributed by atoms with Gasteiger partial charge in [0.25, 0.3) is 0 Å². The van der Waals surface area contributed by atoms with E-state index >= 15 is 0 Å². The van der Waals surface area contributed by atoms with E-state index in [1.807, 2.05) is 19.9 Å². The van der Waals surface area contributed by atoms with E-state index in [1.165, 1.54) is 0 Å². The van der Waals surface area contributed by atoms with Crippen molar-refractivity contribution in [1.29, 1.82) is 0 Å². The zero-order chi connectivity index (χ0) is 18.6. The molecule has 6 nitrogen and oxygen atoms in total. The van der Waals surface area contributed by atoms with Gasteiger partial charge in [0.2, 0.25) is 11.6 Å². The van der Waals surface area contributed by atoms with E-state index in [0.29, 0.717) is 34.0 Å². The fourth-order valence-corrected chi connectivity index (χ4v) is 3.31. The monoisotopic (exact) mass is 411 g/mol. The smallest absolute Gasteiger partial charge is 0.312 e. The molecule has 0 saturated carbocycles. The van der Waals surface area contributed by atoms with E-state index in [4.69, 9.17) is 18.9 Å². The van der Waals surface area contributed by atoms with Gasteiger partial charge in [-0.25, -0.2) is 0 Å². The summed E-state index contributed by atoms with van der Waals surface area (Å²) in [6.45, 7) is 3.82. The second kappa shape index (κ2) is 8.29. The number of carbonyl (C=O) groups excluding carboxylic acids is 1. The number of aromatic nitrogens is 1. The zero-order valence-corrected chi connectivity index (χ0v) is 16.6. The van der Waals surface area contributed by atoms with Gasteiger partial charge in [0.05, 0.1) is 25.8 Å². The first kappa shape index (κ1) is 19.2. The normalized spacial score (nSPS) is 10.5. The van der Waals surface area contributed by atoms with Gasteiger partial charge >= 0.3 is 5.97 Å². The van der Waals surface area contributed by atoms with Crippen molar-refractivity contribution in [3.05, 3.63) is 22.3 Å². The number of nitrogens with one attached hydrogen (secondary N) is 1. The minimum Gasteiger partial charge on any atom is -0.493 e. The van der Waals surface area contributed by atoms with Crippen molar-refractivity contribution in [1.82, 2.24) is 4.98 Å². The Labute approximate surface area is 155 Å². The summed E-state index contributed by atoms with van der Waals surface area (Å²) >= 11 is 3.53. The Balaban J connectivity index is 2.56. The van der Waals surface area contributed by atoms with Crippen molar-refractivity contribution in [2.75, 3.05) is 21.3 Å². The number of aryl methyl sites for hydroxylation is 1. The van der Waals surface area contributed by atoms with E-state index in [9.17, 15) is 4.79 Å². The Hall–Kier alpha value is -2.15. The third-order valence-corrected chi connectivity index (χ3v) is 4.50. The molecule has 0 saturated heterocycles. The highest BCUT2D eigenvalue weighted by Crippen LogP contribution is 2.48. The van der Waals surface area contributed by atoms with Gasteiger partial charge in [0.1, 0.15) is 0 Å². The van der Waals surface area contributed by atoms with Gasteiger partial charge in [-0.15, -0.1) is 0 Å². The van der Waals surface area contributed by atoms with Crippen molar-refractivity contribution in [2.24, 2.45) is 0 Å². The lowest BCUT2D eigenvalue weighted by Gasteiger charge is -2.16. The first-order chi connectivity index (χ1) is 12.0.